The van der Waals surface area contributed by atoms with Crippen LogP contribution in [0, 0.1) is 5.41 Å². The molecule has 2 N–H and O–H groups in total. The lowest BCUT2D eigenvalue weighted by Crippen LogP contribution is -2.41. The summed E-state index contributed by atoms with van der Waals surface area (Å²) in [4.78, 5) is 2.26. The minimum atomic E-state index is 0.117. The zero-order valence-electron chi connectivity index (χ0n) is 13.5. The van der Waals surface area contributed by atoms with E-state index in [4.69, 9.17) is 0 Å². The predicted octanol–water partition coefficient (Wildman–Crippen LogP) is 2.82. The quantitative estimate of drug-likeness (QED) is 0.810. The number of likely N-dealkylation sites (N-methyl/N-ethyl adjacent to an activating group) is 1. The lowest BCUT2D eigenvalue weighted by Gasteiger charge is -2.36. The van der Waals surface area contributed by atoms with Gasteiger partial charge in [0.15, 0.2) is 0 Å². The summed E-state index contributed by atoms with van der Waals surface area (Å²) < 4.78 is 0. The van der Waals surface area contributed by atoms with Crippen molar-refractivity contribution >= 4 is 0 Å². The van der Waals surface area contributed by atoms with Gasteiger partial charge in [-0.15, -0.1) is 0 Å². The number of rotatable bonds is 7. The van der Waals surface area contributed by atoms with Crippen LogP contribution in [-0.4, -0.2) is 43.8 Å². The van der Waals surface area contributed by atoms with E-state index >= 15 is 0 Å². The van der Waals surface area contributed by atoms with Gasteiger partial charge in [0, 0.05) is 31.2 Å². The van der Waals surface area contributed by atoms with E-state index < -0.39 is 0 Å². The second-order valence-electron chi connectivity index (χ2n) is 6.74. The van der Waals surface area contributed by atoms with Crippen molar-refractivity contribution < 1.29 is 5.11 Å². The van der Waals surface area contributed by atoms with Gasteiger partial charge in [0.25, 0.3) is 0 Å². The molecule has 0 heterocycles. The number of aliphatic hydroxyl groups excluding tert-OH is 1. The Morgan fingerprint density at radius 2 is 1.81 bits per heavy atom. The van der Waals surface area contributed by atoms with Crippen LogP contribution in [-0.2, 0) is 0 Å². The molecule has 1 aromatic rings. The predicted molar refractivity (Wildman–Crippen MR) is 88.3 cm³/mol. The van der Waals surface area contributed by atoms with Crippen molar-refractivity contribution in [3.05, 3.63) is 35.9 Å². The van der Waals surface area contributed by atoms with Crippen LogP contribution in [0.5, 0.6) is 0 Å². The first kappa shape index (κ1) is 16.5. The Labute approximate surface area is 129 Å². The number of hydrogen-bond donors (Lipinski definition) is 2. The minimum absolute atomic E-state index is 0.117. The number of nitrogens with zero attached hydrogens (tertiary/aromatic N) is 1. The van der Waals surface area contributed by atoms with E-state index in [9.17, 15) is 5.11 Å². The summed E-state index contributed by atoms with van der Waals surface area (Å²) in [5, 5.41) is 13.4. The zero-order chi connectivity index (χ0) is 15.1. The topological polar surface area (TPSA) is 35.5 Å². The first-order valence-corrected chi connectivity index (χ1v) is 8.20. The van der Waals surface area contributed by atoms with Crippen molar-refractivity contribution in [2.24, 2.45) is 5.41 Å². The number of nitrogens with one attached hydrogen (secondary N) is 1. The highest BCUT2D eigenvalue weighted by molar-refractivity contribution is 5.19. The molecular formula is C18H30N2O. The first-order chi connectivity index (χ1) is 10.2. The summed E-state index contributed by atoms with van der Waals surface area (Å²) in [6.45, 7) is 2.18. The molecule has 3 nitrogen and oxygen atoms in total. The Bertz CT molecular complexity index is 399. The Kier molecular flexibility index (Phi) is 6.22. The highest BCUT2D eigenvalue weighted by Gasteiger charge is 2.31. The molecule has 0 amide bonds. The molecule has 1 aromatic carbocycles. The summed E-state index contributed by atoms with van der Waals surface area (Å²) in [5.41, 5.74) is 1.46. The fourth-order valence-electron chi connectivity index (χ4n) is 3.44. The summed E-state index contributed by atoms with van der Waals surface area (Å²) >= 11 is 0. The molecule has 1 aliphatic rings. The molecule has 1 unspecified atom stereocenters. The number of hydrogen-bond acceptors (Lipinski definition) is 3. The fraction of sp³-hybridized carbons (Fsp3) is 0.667. The largest absolute Gasteiger partial charge is 0.396 e. The van der Waals surface area contributed by atoms with E-state index in [2.05, 4.69) is 54.6 Å². The average molecular weight is 290 g/mol. The van der Waals surface area contributed by atoms with Gasteiger partial charge in [0.1, 0.15) is 0 Å². The van der Waals surface area contributed by atoms with E-state index in [1.54, 1.807) is 0 Å². The highest BCUT2D eigenvalue weighted by Crippen LogP contribution is 2.35. The highest BCUT2D eigenvalue weighted by atomic mass is 16.3. The molecule has 1 aliphatic carbocycles. The Balaban J connectivity index is 1.90. The van der Waals surface area contributed by atoms with Gasteiger partial charge >= 0.3 is 0 Å². The molecule has 0 aromatic heterocycles. The summed E-state index contributed by atoms with van der Waals surface area (Å²) in [6.07, 6.45) is 6.17. The van der Waals surface area contributed by atoms with Gasteiger partial charge < -0.3 is 15.3 Å². The molecule has 1 atom stereocenters. The minimum Gasteiger partial charge on any atom is -0.396 e. The molecule has 0 saturated heterocycles. The molecule has 0 aliphatic heterocycles. The lowest BCUT2D eigenvalue weighted by molar-refractivity contribution is 0.0794. The third kappa shape index (κ3) is 4.53. The normalized spacial score (nSPS) is 19.6. The smallest absolute Gasteiger partial charge is 0.0499 e. The van der Waals surface area contributed by atoms with Gasteiger partial charge in [-0.2, -0.15) is 0 Å². The second kappa shape index (κ2) is 7.92. The van der Waals surface area contributed by atoms with Crippen molar-refractivity contribution in [3.63, 3.8) is 0 Å². The van der Waals surface area contributed by atoms with Crippen LogP contribution >= 0.6 is 0 Å². The van der Waals surface area contributed by atoms with Crippen LogP contribution < -0.4 is 5.32 Å². The molecule has 0 bridgehead atoms. The maximum atomic E-state index is 9.78. The van der Waals surface area contributed by atoms with Gasteiger partial charge in [0.05, 0.1) is 0 Å². The van der Waals surface area contributed by atoms with Crippen LogP contribution in [0.2, 0.25) is 0 Å². The first-order valence-electron chi connectivity index (χ1n) is 8.20. The Hall–Kier alpha value is -0.900. The fourth-order valence-corrected chi connectivity index (χ4v) is 3.44. The van der Waals surface area contributed by atoms with Crippen LogP contribution in [0.3, 0.4) is 0 Å². The lowest BCUT2D eigenvalue weighted by atomic mass is 9.74. The van der Waals surface area contributed by atoms with Gasteiger partial charge in [-0.05, 0) is 32.5 Å². The van der Waals surface area contributed by atoms with Crippen molar-refractivity contribution in [1.82, 2.24) is 10.2 Å². The monoisotopic (exact) mass is 290 g/mol. The van der Waals surface area contributed by atoms with E-state index in [0.717, 1.165) is 25.9 Å². The molecule has 1 fully saturated rings. The summed E-state index contributed by atoms with van der Waals surface area (Å²) in [5.74, 6) is 0. The van der Waals surface area contributed by atoms with Crippen molar-refractivity contribution in [1.29, 1.82) is 0 Å². The Morgan fingerprint density at radius 1 is 1.14 bits per heavy atom. The standard InChI is InChI=1S/C18H30N2O/c1-20(2)17(16-9-5-3-6-10-16)13-19-14-18(15-21)11-7-4-8-12-18/h3,5-6,9-10,17,19,21H,4,7-8,11-15H2,1-2H3. The van der Waals surface area contributed by atoms with Crippen molar-refractivity contribution in [3.8, 4) is 0 Å². The number of aliphatic hydroxyl groups is 1. The van der Waals surface area contributed by atoms with Crippen molar-refractivity contribution in [2.45, 2.75) is 38.1 Å². The third-order valence-electron chi connectivity index (χ3n) is 4.90. The second-order valence-corrected chi connectivity index (χ2v) is 6.74. The van der Waals surface area contributed by atoms with E-state index in [1.807, 2.05) is 0 Å². The average Bonchev–Trinajstić information content (AvgIpc) is 2.53. The molecule has 118 valence electrons. The van der Waals surface area contributed by atoms with E-state index in [-0.39, 0.29) is 5.41 Å². The van der Waals surface area contributed by atoms with Crippen LogP contribution in [0.4, 0.5) is 0 Å². The van der Waals surface area contributed by atoms with Gasteiger partial charge in [-0.1, -0.05) is 49.6 Å². The number of benzene rings is 1. The van der Waals surface area contributed by atoms with Crippen molar-refractivity contribution in [2.75, 3.05) is 33.8 Å². The van der Waals surface area contributed by atoms with Gasteiger partial charge in [-0.3, -0.25) is 0 Å². The SMILES string of the molecule is CN(C)C(CNCC1(CO)CCCCC1)c1ccccc1. The molecule has 1 saturated carbocycles. The van der Waals surface area contributed by atoms with Crippen LogP contribution in [0.25, 0.3) is 0 Å². The molecular weight excluding hydrogens is 260 g/mol. The summed E-state index contributed by atoms with van der Waals surface area (Å²) in [6, 6.07) is 11.0. The Morgan fingerprint density at radius 3 is 2.38 bits per heavy atom. The van der Waals surface area contributed by atoms with Crippen LogP contribution in [0.1, 0.15) is 43.7 Å². The molecule has 3 heteroatoms. The zero-order valence-corrected chi connectivity index (χ0v) is 13.5. The van der Waals surface area contributed by atoms with Gasteiger partial charge in [-0.25, -0.2) is 0 Å². The van der Waals surface area contributed by atoms with Gasteiger partial charge in [0.2, 0.25) is 0 Å². The maximum Gasteiger partial charge on any atom is 0.0499 e. The van der Waals surface area contributed by atoms with E-state index in [1.165, 1.54) is 24.8 Å². The molecule has 2 rings (SSSR count). The van der Waals surface area contributed by atoms with Crippen LogP contribution in [0.15, 0.2) is 30.3 Å². The molecule has 0 spiro atoms. The summed E-state index contributed by atoms with van der Waals surface area (Å²) in [7, 11) is 4.25. The molecule has 0 radical (unpaired) electrons. The third-order valence-corrected chi connectivity index (χ3v) is 4.90. The molecule has 21 heavy (non-hydrogen) atoms. The van der Waals surface area contributed by atoms with E-state index in [0.29, 0.717) is 12.6 Å². The maximum absolute atomic E-state index is 9.78.